The molecule has 0 atom stereocenters. The number of ether oxygens (including phenoxy) is 1. The molecule has 0 spiro atoms. The smallest absolute Gasteiger partial charge is 0.336 e. The molecule has 0 fully saturated rings. The fourth-order valence-electron chi connectivity index (χ4n) is 2.57. The number of amides is 1. The zero-order chi connectivity index (χ0) is 21.0. The van der Waals surface area contributed by atoms with Gasteiger partial charge in [-0.25, -0.2) is 14.0 Å². The van der Waals surface area contributed by atoms with Gasteiger partial charge < -0.3 is 20.3 Å². The second-order valence-corrected chi connectivity index (χ2v) is 5.85. The van der Waals surface area contributed by atoms with E-state index in [2.05, 4.69) is 5.32 Å². The highest BCUT2D eigenvalue weighted by atomic mass is 19.1. The third kappa shape index (κ3) is 4.38. The van der Waals surface area contributed by atoms with Crippen LogP contribution in [0.1, 0.15) is 31.1 Å². The molecule has 3 rings (SSSR count). The van der Waals surface area contributed by atoms with Crippen molar-refractivity contribution in [2.45, 2.75) is 0 Å². The Bertz CT molecular complexity index is 1110. The number of aromatic carboxylic acids is 2. The van der Waals surface area contributed by atoms with Gasteiger partial charge in [-0.2, -0.15) is 0 Å². The van der Waals surface area contributed by atoms with Gasteiger partial charge in [0.25, 0.3) is 5.91 Å². The predicted octanol–water partition coefficient (Wildman–Crippen LogP) is 4.27. The number of halogens is 1. The lowest BCUT2D eigenvalue weighted by molar-refractivity contribution is 0.0651. The molecule has 29 heavy (non-hydrogen) atoms. The molecular formula is C21H14FNO6. The highest BCUT2D eigenvalue weighted by Crippen LogP contribution is 2.31. The van der Waals surface area contributed by atoms with E-state index in [1.807, 2.05) is 0 Å². The molecule has 3 aromatic carbocycles. The van der Waals surface area contributed by atoms with Crippen molar-refractivity contribution in [1.82, 2.24) is 0 Å². The van der Waals surface area contributed by atoms with Gasteiger partial charge in [0.05, 0.1) is 22.4 Å². The van der Waals surface area contributed by atoms with Gasteiger partial charge in [0.2, 0.25) is 0 Å². The Morgan fingerprint density at radius 1 is 0.793 bits per heavy atom. The summed E-state index contributed by atoms with van der Waals surface area (Å²) in [4.78, 5) is 34.8. The normalized spacial score (nSPS) is 10.2. The fraction of sp³-hybridized carbons (Fsp3) is 0. The van der Waals surface area contributed by atoms with Crippen LogP contribution in [0.25, 0.3) is 0 Å². The molecule has 8 heteroatoms. The summed E-state index contributed by atoms with van der Waals surface area (Å²) >= 11 is 0. The van der Waals surface area contributed by atoms with E-state index in [0.717, 1.165) is 18.2 Å². The van der Waals surface area contributed by atoms with E-state index >= 15 is 0 Å². The Morgan fingerprint density at radius 3 is 2.14 bits per heavy atom. The van der Waals surface area contributed by atoms with Gasteiger partial charge in [0, 0.05) is 0 Å². The minimum atomic E-state index is -1.42. The van der Waals surface area contributed by atoms with Crippen molar-refractivity contribution in [2.75, 3.05) is 5.32 Å². The van der Waals surface area contributed by atoms with Gasteiger partial charge in [0.15, 0.2) is 5.75 Å². The summed E-state index contributed by atoms with van der Waals surface area (Å²) in [5.41, 5.74) is -0.755. The maximum Gasteiger partial charge on any atom is 0.336 e. The molecule has 7 nitrogen and oxygen atoms in total. The van der Waals surface area contributed by atoms with Crippen LogP contribution in [0.5, 0.6) is 11.5 Å². The summed E-state index contributed by atoms with van der Waals surface area (Å²) in [6.07, 6.45) is 0. The zero-order valence-corrected chi connectivity index (χ0v) is 14.8. The Balaban J connectivity index is 1.89. The summed E-state index contributed by atoms with van der Waals surface area (Å²) in [5.74, 6) is -3.96. The van der Waals surface area contributed by atoms with Gasteiger partial charge in [-0.3, -0.25) is 4.79 Å². The minimum Gasteiger partial charge on any atom is -0.478 e. The third-order valence-electron chi connectivity index (χ3n) is 3.93. The van der Waals surface area contributed by atoms with Crippen LogP contribution in [0.2, 0.25) is 0 Å². The molecule has 3 aromatic rings. The van der Waals surface area contributed by atoms with Crippen molar-refractivity contribution in [1.29, 1.82) is 0 Å². The van der Waals surface area contributed by atoms with Crippen molar-refractivity contribution < 1.29 is 33.7 Å². The van der Waals surface area contributed by atoms with E-state index in [-0.39, 0.29) is 28.3 Å². The SMILES string of the molecule is O=C(Nc1ccccc1Oc1ccc(C(=O)O)c(C(=O)O)c1)c1ccccc1F. The lowest BCUT2D eigenvalue weighted by Crippen LogP contribution is -2.14. The van der Waals surface area contributed by atoms with Crippen LogP contribution in [0.3, 0.4) is 0 Å². The molecule has 0 heterocycles. The molecule has 0 unspecified atom stereocenters. The van der Waals surface area contributed by atoms with Crippen molar-refractivity contribution in [2.24, 2.45) is 0 Å². The first kappa shape index (κ1) is 19.6. The first-order chi connectivity index (χ1) is 13.9. The zero-order valence-electron chi connectivity index (χ0n) is 14.8. The van der Waals surface area contributed by atoms with E-state index in [9.17, 15) is 23.9 Å². The predicted molar refractivity (Wildman–Crippen MR) is 101 cm³/mol. The molecule has 0 bridgehead atoms. The average Bonchev–Trinajstić information content (AvgIpc) is 2.69. The molecule has 0 aliphatic rings. The number of carboxylic acid groups (broad SMARTS) is 2. The summed E-state index contributed by atoms with van der Waals surface area (Å²) in [7, 11) is 0. The highest BCUT2D eigenvalue weighted by molar-refractivity contribution is 6.05. The monoisotopic (exact) mass is 395 g/mol. The van der Waals surface area contributed by atoms with Crippen molar-refractivity contribution in [3.63, 3.8) is 0 Å². The molecule has 0 aliphatic carbocycles. The number of hydrogen-bond acceptors (Lipinski definition) is 4. The molecular weight excluding hydrogens is 381 g/mol. The lowest BCUT2D eigenvalue weighted by atomic mass is 10.1. The number of rotatable bonds is 6. The molecule has 0 aromatic heterocycles. The molecule has 0 saturated heterocycles. The van der Waals surface area contributed by atoms with Gasteiger partial charge in [-0.15, -0.1) is 0 Å². The molecule has 3 N–H and O–H groups in total. The number of carbonyl (C=O) groups excluding carboxylic acids is 1. The van der Waals surface area contributed by atoms with Gasteiger partial charge >= 0.3 is 11.9 Å². The van der Waals surface area contributed by atoms with Gasteiger partial charge in [0.1, 0.15) is 11.6 Å². The summed E-state index contributed by atoms with van der Waals surface area (Å²) in [5, 5.41) is 20.8. The van der Waals surface area contributed by atoms with Crippen molar-refractivity contribution in [3.05, 3.63) is 89.2 Å². The van der Waals surface area contributed by atoms with Crippen LogP contribution in [-0.4, -0.2) is 28.1 Å². The topological polar surface area (TPSA) is 113 Å². The van der Waals surface area contributed by atoms with E-state index in [1.54, 1.807) is 12.1 Å². The Labute approximate surface area is 164 Å². The van der Waals surface area contributed by atoms with Crippen LogP contribution in [0, 0.1) is 5.82 Å². The molecule has 0 saturated carbocycles. The largest absolute Gasteiger partial charge is 0.478 e. The Kier molecular flexibility index (Phi) is 5.54. The first-order valence-corrected chi connectivity index (χ1v) is 8.30. The van der Waals surface area contributed by atoms with Gasteiger partial charge in [-0.1, -0.05) is 24.3 Å². The third-order valence-corrected chi connectivity index (χ3v) is 3.93. The Morgan fingerprint density at radius 2 is 1.45 bits per heavy atom. The van der Waals surface area contributed by atoms with Crippen molar-refractivity contribution >= 4 is 23.5 Å². The second kappa shape index (κ2) is 8.22. The fourth-order valence-corrected chi connectivity index (χ4v) is 2.57. The molecule has 0 aliphatic heterocycles. The summed E-state index contributed by atoms with van der Waals surface area (Å²) in [6.45, 7) is 0. The second-order valence-electron chi connectivity index (χ2n) is 5.85. The van der Waals surface area contributed by atoms with E-state index in [1.165, 1.54) is 36.4 Å². The van der Waals surface area contributed by atoms with E-state index in [0.29, 0.717) is 0 Å². The standard InChI is InChI=1S/C21H14FNO6/c22-16-6-2-1-5-14(16)19(24)23-17-7-3-4-8-18(17)29-12-9-10-13(20(25)26)15(11-12)21(27)28/h1-11H,(H,23,24)(H,25,26)(H,27,28). The van der Waals surface area contributed by atoms with E-state index in [4.69, 9.17) is 9.84 Å². The number of carboxylic acids is 2. The van der Waals surface area contributed by atoms with E-state index < -0.39 is 29.2 Å². The van der Waals surface area contributed by atoms with Crippen LogP contribution in [0.4, 0.5) is 10.1 Å². The maximum atomic E-state index is 13.8. The summed E-state index contributed by atoms with van der Waals surface area (Å²) in [6, 6.07) is 15.3. The number of nitrogens with one attached hydrogen (secondary N) is 1. The molecule has 1 amide bonds. The first-order valence-electron chi connectivity index (χ1n) is 8.30. The maximum absolute atomic E-state index is 13.8. The van der Waals surface area contributed by atoms with Crippen LogP contribution < -0.4 is 10.1 Å². The molecule has 0 radical (unpaired) electrons. The highest BCUT2D eigenvalue weighted by Gasteiger charge is 2.18. The lowest BCUT2D eigenvalue weighted by Gasteiger charge is -2.13. The summed E-state index contributed by atoms with van der Waals surface area (Å²) < 4.78 is 19.5. The number of para-hydroxylation sites is 2. The number of hydrogen-bond donors (Lipinski definition) is 3. The number of carbonyl (C=O) groups is 3. The number of anilines is 1. The number of benzene rings is 3. The van der Waals surface area contributed by atoms with Crippen LogP contribution in [0.15, 0.2) is 66.7 Å². The van der Waals surface area contributed by atoms with Crippen molar-refractivity contribution in [3.8, 4) is 11.5 Å². The molecule has 146 valence electrons. The Hall–Kier alpha value is -4.20. The van der Waals surface area contributed by atoms with Crippen LogP contribution in [-0.2, 0) is 0 Å². The van der Waals surface area contributed by atoms with Gasteiger partial charge in [-0.05, 0) is 42.5 Å². The quantitative estimate of drug-likeness (QED) is 0.575. The minimum absolute atomic E-state index is 0.0555. The van der Waals surface area contributed by atoms with Crippen LogP contribution >= 0.6 is 0 Å². The average molecular weight is 395 g/mol.